The molecule has 5 aromatic carbocycles. The van der Waals surface area contributed by atoms with Crippen LogP contribution in [0, 0.1) is 0 Å². The van der Waals surface area contributed by atoms with Crippen molar-refractivity contribution in [2.24, 2.45) is 5.73 Å². The molecule has 14 heterocycles. The van der Waals surface area contributed by atoms with Crippen LogP contribution in [0.5, 0.6) is 28.7 Å². The van der Waals surface area contributed by atoms with Crippen LogP contribution in [0.25, 0.3) is 51.7 Å². The number of carbonyl (C=O) groups excluding carboxylic acids is 4. The summed E-state index contributed by atoms with van der Waals surface area (Å²) in [5.74, 6) is 6.30. The zero-order valence-corrected chi connectivity index (χ0v) is 89.9. The van der Waals surface area contributed by atoms with E-state index in [1.165, 1.54) is 38.5 Å². The van der Waals surface area contributed by atoms with Gasteiger partial charge in [0.1, 0.15) is 82.3 Å². The maximum absolute atomic E-state index is 12.1. The number of aliphatic carboxylic acids is 1. The second-order valence-electron chi connectivity index (χ2n) is 38.1. The van der Waals surface area contributed by atoms with E-state index in [9.17, 15) is 24.0 Å². The first kappa shape index (κ1) is 111. The smallest absolute Gasteiger partial charge is 0.488 e. The van der Waals surface area contributed by atoms with E-state index in [4.69, 9.17) is 138 Å². The predicted molar refractivity (Wildman–Crippen MR) is 565 cm³/mol. The van der Waals surface area contributed by atoms with Crippen molar-refractivity contribution in [3.63, 3.8) is 0 Å². The second kappa shape index (κ2) is 47.5. The molecule has 8 aliphatic heterocycles. The molecule has 0 spiro atoms. The van der Waals surface area contributed by atoms with Crippen molar-refractivity contribution in [1.82, 2.24) is 15.3 Å². The van der Waals surface area contributed by atoms with Gasteiger partial charge in [-0.05, 0) is 280 Å². The topological polar surface area (TPSA) is 323 Å². The first-order valence-electron chi connectivity index (χ1n) is 46.8. The molecule has 0 radical (unpaired) electrons. The lowest BCUT2D eigenvalue weighted by molar-refractivity contribution is -0.131. The van der Waals surface area contributed by atoms with Crippen molar-refractivity contribution in [3.05, 3.63) is 273 Å². The summed E-state index contributed by atoms with van der Waals surface area (Å²) in [6.45, 7) is 41.8. The molecule has 8 aliphatic rings. The largest absolute Gasteiger partial charge is 0.494 e. The van der Waals surface area contributed by atoms with Crippen molar-refractivity contribution in [2.75, 3.05) is 13.1 Å². The molecule has 4 N–H and O–H groups in total. The third-order valence-corrected chi connectivity index (χ3v) is 27.9. The molecule has 35 heteroatoms. The molecule has 11 aromatic rings. The van der Waals surface area contributed by atoms with Crippen molar-refractivity contribution in [1.29, 1.82) is 0 Å². The third-order valence-electron chi connectivity index (χ3n) is 25.6. The number of carboxylic acids is 1. The maximum atomic E-state index is 12.1. The molecule has 0 aliphatic carbocycles. The highest BCUT2D eigenvalue weighted by Gasteiger charge is 2.64. The molecule has 19 rings (SSSR count). The molecule has 5 atom stereocenters. The SMILES string of the molecule is C=C(C)c1ccc(-c2cc(Cl)c3c(c2)CC(CNC(=O)/C=C/c2cccnc2)O3)o1.CC(=O)c1ccc(-c2cc(Cl)c3c(c2)CC(CN)O3)o1.CC(=O)c1ccc(Br)o1.CC1(C)OB(B2OC(C)(C)C(C)(C)O2)OC1(C)C.CCC1Cc2cc(-c3ccc(C(C)=O)o3)cc(Cl)c2O1.CCC1Cc2cc(B3OC(C)(C)C(C)(C)O3)cc(Cl)c2O1.CCC1Cc2cc(Br)cc(Cl)c2O1.O=C(O)/C=C/c1cccnc1. The lowest BCUT2D eigenvalue weighted by Crippen LogP contribution is -2.41. The number of nitrogens with zero attached hydrogens (tertiary/aromatic N) is 2. The number of carboxylic acid groups (broad SMARTS) is 1. The van der Waals surface area contributed by atoms with Crippen LogP contribution in [0.1, 0.15) is 227 Å². The van der Waals surface area contributed by atoms with Crippen LogP contribution < -0.4 is 40.2 Å². The standard InChI is InChI=1S/C24H21ClN2O3.C16H22BClO3.C16H15ClO3.C15H14ClNO3.C12H24B2O4.C10H10BrClO.C8H7NO2.C6H5BrO2/c1-15(2)21-6-7-22(30-21)17-10-18-11-19(29-24(18)20(25)12-17)14-27-23(28)8-5-16-4-3-9-26-13-16;1-6-12-8-10-7-11(9-13(18)14(10)19-12)17-20-15(2,3)16(4,5)21-17;1-3-12-7-11-6-10(8-13(17)16(11)19-12)15-5-4-14(20-15)9(2)18;1-8(18)13-2-3-14(20-13)9-4-10-5-11(7-17)19-15(10)12(16)6-9;1-9(2)10(3,4)16-13(15-9)14-17-11(5,6)12(7,8)18-14;1-2-8-4-6-3-7(11)5-9(12)10(6)13-8;10-8(11)4-3-7-2-1-5-9-6-7;1-4(8)5-2-3-6(7)9-5/h3-10,12-13,19H,1,11,14H2,2H3,(H,27,28);7,9,12H,6,8H2,1-5H3;4-6,8,12H,3,7H2,1-2H3;2-4,6,11H,5,7,17H2,1H3;1-8H3;3,5,8H,2,4H2,1H3;1-6H,(H,10,11);2-3H,1H3/b8-5+;;;;;;4-3+;. The molecule has 0 saturated carbocycles. The number of allylic oxidation sites excluding steroid dienone is 1. The normalized spacial score (nSPS) is 19.0. The lowest BCUT2D eigenvalue weighted by atomic mass is 9.49. The van der Waals surface area contributed by atoms with Crippen LogP contribution in [0.2, 0.25) is 25.1 Å². The molecule has 6 aromatic heterocycles. The van der Waals surface area contributed by atoms with Gasteiger partial charge in [0.25, 0.3) is 0 Å². The number of pyridine rings is 2. The lowest BCUT2D eigenvalue weighted by Gasteiger charge is -2.32. The Kier molecular flexibility index (Phi) is 37.0. The van der Waals surface area contributed by atoms with E-state index in [0.29, 0.717) is 95.7 Å². The monoisotopic (exact) mass is 2160 g/mol. The van der Waals surface area contributed by atoms with Crippen molar-refractivity contribution >= 4 is 163 Å². The fraction of sp³-hybridized carbons (Fsp3) is 0.374. The molecule has 5 unspecified atom stereocenters. The highest BCUT2D eigenvalue weighted by molar-refractivity contribution is 9.10. The minimum atomic E-state index is -0.950. The zero-order chi connectivity index (χ0) is 103. The molecule has 750 valence electrons. The van der Waals surface area contributed by atoms with Gasteiger partial charge in [0.2, 0.25) is 5.91 Å². The zero-order valence-electron chi connectivity index (χ0n) is 82.9. The Hall–Kier alpha value is -9.99. The number of benzene rings is 5. The van der Waals surface area contributed by atoms with E-state index in [1.807, 2.05) is 129 Å². The van der Waals surface area contributed by atoms with Crippen LogP contribution in [-0.4, -0.2) is 143 Å². The van der Waals surface area contributed by atoms with Crippen molar-refractivity contribution in [3.8, 4) is 62.7 Å². The van der Waals surface area contributed by atoms with Gasteiger partial charge >= 0.3 is 27.1 Å². The molecule has 1 amide bonds. The van der Waals surface area contributed by atoms with E-state index < -0.39 is 20.0 Å². The molecular formula is C107H118B3Br2Cl5N4O21. The number of nitrogens with two attached hydrogens (primary N) is 1. The number of halogens is 7. The number of fused-ring (bicyclic) bond motifs is 5. The van der Waals surface area contributed by atoms with Gasteiger partial charge in [0.15, 0.2) is 39.3 Å². The van der Waals surface area contributed by atoms with Gasteiger partial charge in [-0.25, -0.2) is 4.79 Å². The average Bonchev–Trinajstić information content (AvgIpc) is 1.59. The summed E-state index contributed by atoms with van der Waals surface area (Å²) < 4.78 is 88.5. The Bertz CT molecular complexity index is 6240. The number of Topliss-reactive ketones (excluding diaryl/α,β-unsaturated/α-hetero) is 3. The van der Waals surface area contributed by atoms with Crippen LogP contribution in [0.4, 0.5) is 0 Å². The molecule has 3 saturated heterocycles. The molecule has 0 bridgehead atoms. The third kappa shape index (κ3) is 28.0. The van der Waals surface area contributed by atoms with Gasteiger partial charge in [-0.3, -0.25) is 29.1 Å². The van der Waals surface area contributed by atoms with Gasteiger partial charge in [-0.2, -0.15) is 0 Å². The number of carbonyl (C=O) groups is 5. The number of hydrogen-bond donors (Lipinski definition) is 3. The fourth-order valence-corrected chi connectivity index (χ4v) is 17.9. The molecule has 3 fully saturated rings. The summed E-state index contributed by atoms with van der Waals surface area (Å²) in [6, 6.07) is 40.7. The van der Waals surface area contributed by atoms with Gasteiger partial charge in [-0.1, -0.05) is 119 Å². The predicted octanol–water partition coefficient (Wildman–Crippen LogP) is 25.6. The Morgan fingerprint density at radius 3 is 1.13 bits per heavy atom. The minimum Gasteiger partial charge on any atom is -0.488 e. The van der Waals surface area contributed by atoms with Crippen LogP contribution in [0.3, 0.4) is 0 Å². The van der Waals surface area contributed by atoms with E-state index >= 15 is 0 Å². The van der Waals surface area contributed by atoms with Crippen LogP contribution in [0.15, 0.2) is 204 Å². The summed E-state index contributed by atoms with van der Waals surface area (Å²) in [4.78, 5) is 63.1. The van der Waals surface area contributed by atoms with Crippen molar-refractivity contribution < 1.29 is 98.4 Å². The van der Waals surface area contributed by atoms with E-state index in [-0.39, 0.29) is 88.4 Å². The van der Waals surface area contributed by atoms with Crippen LogP contribution >= 0.6 is 89.9 Å². The number of hydrogen-bond acceptors (Lipinski definition) is 23. The molecular weight excluding hydrogens is 2050 g/mol. The first-order chi connectivity index (χ1) is 67.0. The van der Waals surface area contributed by atoms with Gasteiger partial charge in [-0.15, -0.1) is 0 Å². The number of aromatic nitrogens is 2. The number of nitrogens with one attached hydrogen (secondary N) is 1. The summed E-state index contributed by atoms with van der Waals surface area (Å²) in [5, 5.41) is 14.1. The Morgan fingerprint density at radius 1 is 0.437 bits per heavy atom. The van der Waals surface area contributed by atoms with E-state index in [1.54, 1.807) is 85.5 Å². The Labute approximate surface area is 872 Å². The van der Waals surface area contributed by atoms with Gasteiger partial charge in [0.05, 0.1) is 65.3 Å². The molecule has 142 heavy (non-hydrogen) atoms. The van der Waals surface area contributed by atoms with E-state index in [0.717, 1.165) is 145 Å². The quantitative estimate of drug-likeness (QED) is 0.0385. The fourth-order valence-electron chi connectivity index (χ4n) is 15.5. The number of rotatable bonds is 19. The van der Waals surface area contributed by atoms with Gasteiger partial charge in [0, 0.05) is 140 Å². The number of ketones is 3. The maximum Gasteiger partial charge on any atom is 0.494 e. The van der Waals surface area contributed by atoms with Crippen LogP contribution in [-0.2, 0) is 69.6 Å². The highest BCUT2D eigenvalue weighted by atomic mass is 79.9. The molecule has 25 nitrogen and oxygen atoms in total. The van der Waals surface area contributed by atoms with Crippen molar-refractivity contribution in [2.45, 2.75) is 247 Å². The number of amides is 1. The summed E-state index contributed by atoms with van der Waals surface area (Å²) in [7, 11) is -1.33. The summed E-state index contributed by atoms with van der Waals surface area (Å²) >= 11 is 37.9. The van der Waals surface area contributed by atoms with E-state index in [2.05, 4.69) is 114 Å². The second-order valence-corrected chi connectivity index (χ2v) is 41.8. The van der Waals surface area contributed by atoms with Gasteiger partial charge < -0.3 is 85.4 Å². The summed E-state index contributed by atoms with van der Waals surface area (Å²) in [5.41, 5.74) is 15.1. The Morgan fingerprint density at radius 2 is 0.775 bits per heavy atom. The first-order valence-corrected chi connectivity index (χ1v) is 50.2. The summed E-state index contributed by atoms with van der Waals surface area (Å²) in [6.07, 6.45) is 20.0. The number of ether oxygens (including phenoxy) is 5. The Balaban J connectivity index is 0.000000148. The minimum absolute atomic E-state index is 0.0258. The number of furan rings is 4. The highest BCUT2D eigenvalue weighted by Crippen LogP contribution is 2.48. The average molecular weight is 2170 g/mol.